The van der Waals surface area contributed by atoms with Gasteiger partial charge < -0.3 is 9.32 Å². The van der Waals surface area contributed by atoms with Crippen LogP contribution in [0.1, 0.15) is 46.4 Å². The zero-order valence-electron chi connectivity index (χ0n) is 13.0. The van der Waals surface area contributed by atoms with Gasteiger partial charge in [0.1, 0.15) is 5.01 Å². The van der Waals surface area contributed by atoms with Gasteiger partial charge in [0, 0.05) is 12.1 Å². The first-order valence-electron chi connectivity index (χ1n) is 7.94. The monoisotopic (exact) mass is 326 g/mol. The number of aryl methyl sites for hydroxylation is 1. The van der Waals surface area contributed by atoms with Gasteiger partial charge in [-0.1, -0.05) is 12.1 Å². The zero-order chi connectivity index (χ0) is 15.8. The molecule has 1 amide bonds. The van der Waals surface area contributed by atoms with E-state index in [0.29, 0.717) is 5.76 Å². The fourth-order valence-corrected chi connectivity index (χ4v) is 4.30. The minimum atomic E-state index is -0.0172. The predicted molar refractivity (Wildman–Crippen MR) is 90.7 cm³/mol. The average molecular weight is 326 g/mol. The van der Waals surface area contributed by atoms with Crippen molar-refractivity contribution in [2.75, 3.05) is 6.54 Å². The van der Waals surface area contributed by atoms with Crippen LogP contribution in [-0.2, 0) is 0 Å². The lowest BCUT2D eigenvalue weighted by Gasteiger charge is -2.34. The molecule has 0 radical (unpaired) electrons. The van der Waals surface area contributed by atoms with Crippen LogP contribution in [0.3, 0.4) is 0 Å². The summed E-state index contributed by atoms with van der Waals surface area (Å²) in [5.41, 5.74) is 1.91. The van der Waals surface area contributed by atoms with E-state index in [1.54, 1.807) is 17.6 Å². The summed E-state index contributed by atoms with van der Waals surface area (Å²) in [6.45, 7) is 2.67. The van der Waals surface area contributed by atoms with Gasteiger partial charge in [0.15, 0.2) is 5.76 Å². The molecule has 0 N–H and O–H groups in total. The molecule has 1 saturated heterocycles. The quantitative estimate of drug-likeness (QED) is 0.693. The second-order valence-corrected chi connectivity index (χ2v) is 7.02. The Morgan fingerprint density at radius 1 is 1.30 bits per heavy atom. The van der Waals surface area contributed by atoms with Crippen LogP contribution < -0.4 is 0 Å². The van der Waals surface area contributed by atoms with Crippen molar-refractivity contribution in [2.24, 2.45) is 0 Å². The molecule has 3 aromatic rings. The Hall–Kier alpha value is -2.14. The van der Waals surface area contributed by atoms with Crippen molar-refractivity contribution >= 4 is 27.5 Å². The maximum Gasteiger partial charge on any atom is 0.290 e. The molecule has 0 bridgehead atoms. The number of carbonyl (C=O) groups is 1. The average Bonchev–Trinajstić information content (AvgIpc) is 3.20. The van der Waals surface area contributed by atoms with Gasteiger partial charge in [0.05, 0.1) is 22.5 Å². The molecule has 1 aliphatic rings. The smallest absolute Gasteiger partial charge is 0.290 e. The molecule has 0 saturated carbocycles. The van der Waals surface area contributed by atoms with Gasteiger partial charge in [-0.2, -0.15) is 0 Å². The molecule has 1 aromatic carbocycles. The van der Waals surface area contributed by atoms with Gasteiger partial charge in [0.2, 0.25) is 0 Å². The molecule has 1 fully saturated rings. The lowest BCUT2D eigenvalue weighted by atomic mass is 10.0. The maximum atomic E-state index is 12.9. The lowest BCUT2D eigenvalue weighted by Crippen LogP contribution is -2.38. The van der Waals surface area contributed by atoms with Crippen molar-refractivity contribution in [3.63, 3.8) is 0 Å². The Morgan fingerprint density at radius 2 is 2.17 bits per heavy atom. The molecule has 118 valence electrons. The van der Waals surface area contributed by atoms with Crippen LogP contribution in [-0.4, -0.2) is 22.3 Å². The van der Waals surface area contributed by atoms with Crippen molar-refractivity contribution in [3.05, 3.63) is 52.9 Å². The highest BCUT2D eigenvalue weighted by atomic mass is 32.1. The number of nitrogens with zero attached hydrogens (tertiary/aromatic N) is 2. The number of piperidine rings is 1. The van der Waals surface area contributed by atoms with E-state index >= 15 is 0 Å². The third-order valence-corrected chi connectivity index (χ3v) is 5.55. The van der Waals surface area contributed by atoms with E-state index in [4.69, 9.17) is 9.40 Å². The number of fused-ring (bicyclic) bond motifs is 1. The van der Waals surface area contributed by atoms with Gasteiger partial charge in [0.25, 0.3) is 5.91 Å². The number of thiazole rings is 1. The number of hydrogen-bond donors (Lipinski definition) is 0. The van der Waals surface area contributed by atoms with Crippen molar-refractivity contribution in [2.45, 2.75) is 32.2 Å². The third-order valence-electron chi connectivity index (χ3n) is 4.42. The molecular weight excluding hydrogens is 308 g/mol. The first-order valence-corrected chi connectivity index (χ1v) is 8.76. The van der Waals surface area contributed by atoms with Crippen LogP contribution in [0.15, 0.2) is 41.0 Å². The summed E-state index contributed by atoms with van der Waals surface area (Å²) in [5, 5.41) is 1.03. The fourth-order valence-electron chi connectivity index (χ4n) is 3.19. The van der Waals surface area contributed by atoms with Crippen molar-refractivity contribution in [1.29, 1.82) is 0 Å². The number of hydrogen-bond acceptors (Lipinski definition) is 4. The number of aromatic nitrogens is 1. The summed E-state index contributed by atoms with van der Waals surface area (Å²) in [5.74, 6) is 0.439. The van der Waals surface area contributed by atoms with Crippen LogP contribution in [0.25, 0.3) is 10.2 Å². The molecule has 5 heteroatoms. The summed E-state index contributed by atoms with van der Waals surface area (Å²) in [6, 6.07) is 10.0. The molecule has 2 aromatic heterocycles. The van der Waals surface area contributed by atoms with Crippen molar-refractivity contribution in [1.82, 2.24) is 9.88 Å². The molecule has 4 rings (SSSR count). The summed E-state index contributed by atoms with van der Waals surface area (Å²) in [7, 11) is 0. The van der Waals surface area contributed by atoms with Crippen molar-refractivity contribution in [3.8, 4) is 0 Å². The second-order valence-electron chi connectivity index (χ2n) is 5.96. The van der Waals surface area contributed by atoms with Crippen LogP contribution in [0.2, 0.25) is 0 Å². The minimum absolute atomic E-state index is 0.0172. The van der Waals surface area contributed by atoms with Gasteiger partial charge in [-0.25, -0.2) is 4.98 Å². The summed E-state index contributed by atoms with van der Waals surface area (Å²) >= 11 is 1.69. The number of rotatable bonds is 2. The highest BCUT2D eigenvalue weighted by molar-refractivity contribution is 7.18. The van der Waals surface area contributed by atoms with E-state index in [1.807, 2.05) is 36.1 Å². The van der Waals surface area contributed by atoms with Crippen molar-refractivity contribution < 1.29 is 9.21 Å². The summed E-state index contributed by atoms with van der Waals surface area (Å²) in [6.07, 6.45) is 4.71. The van der Waals surface area contributed by atoms with Crippen LogP contribution in [0, 0.1) is 6.92 Å². The number of carbonyl (C=O) groups excluding carboxylic acids is 1. The number of para-hydroxylation sites is 1. The predicted octanol–water partition coefficient (Wildman–Crippen LogP) is 4.57. The maximum absolute atomic E-state index is 12.9. The molecule has 1 atom stereocenters. The Bertz CT molecular complexity index is 818. The van der Waals surface area contributed by atoms with E-state index in [9.17, 15) is 4.79 Å². The van der Waals surface area contributed by atoms with E-state index in [0.717, 1.165) is 41.9 Å². The van der Waals surface area contributed by atoms with Gasteiger partial charge >= 0.3 is 0 Å². The Morgan fingerprint density at radius 3 is 2.96 bits per heavy atom. The summed E-state index contributed by atoms with van der Waals surface area (Å²) in [4.78, 5) is 19.6. The largest absolute Gasteiger partial charge is 0.459 e. The normalized spacial score (nSPS) is 18.5. The Balaban J connectivity index is 1.70. The van der Waals surface area contributed by atoms with Gasteiger partial charge in [-0.05, 0) is 44.4 Å². The molecule has 4 nitrogen and oxygen atoms in total. The fraction of sp³-hybridized carbons (Fsp3) is 0.333. The molecular formula is C18H18N2O2S. The Kier molecular flexibility index (Phi) is 3.65. The highest BCUT2D eigenvalue weighted by Gasteiger charge is 2.32. The lowest BCUT2D eigenvalue weighted by molar-refractivity contribution is 0.0578. The molecule has 1 aliphatic heterocycles. The number of furan rings is 1. The minimum Gasteiger partial charge on any atom is -0.459 e. The topological polar surface area (TPSA) is 46.3 Å². The van der Waals surface area contributed by atoms with Gasteiger partial charge in [-0.3, -0.25) is 4.79 Å². The Labute approximate surface area is 138 Å². The molecule has 0 aliphatic carbocycles. The zero-order valence-corrected chi connectivity index (χ0v) is 13.8. The standard InChI is InChI=1S/C18H18N2O2S/c1-12-9-11-22-16(12)18(21)20-10-5-4-7-14(20)17-19-13-6-2-3-8-15(13)23-17/h2-3,6,8-9,11,14H,4-5,7,10H2,1H3. The summed E-state index contributed by atoms with van der Waals surface area (Å²) < 4.78 is 6.59. The molecule has 0 spiro atoms. The van der Waals surface area contributed by atoms with E-state index in [1.165, 1.54) is 4.70 Å². The van der Waals surface area contributed by atoms with Crippen LogP contribution >= 0.6 is 11.3 Å². The van der Waals surface area contributed by atoms with E-state index in [-0.39, 0.29) is 11.9 Å². The SMILES string of the molecule is Cc1ccoc1C(=O)N1CCCCC1c1nc2ccccc2s1. The highest BCUT2D eigenvalue weighted by Crippen LogP contribution is 2.36. The number of likely N-dealkylation sites (tertiary alicyclic amines) is 1. The van der Waals surface area contributed by atoms with E-state index < -0.39 is 0 Å². The van der Waals surface area contributed by atoms with E-state index in [2.05, 4.69) is 6.07 Å². The molecule has 23 heavy (non-hydrogen) atoms. The third kappa shape index (κ3) is 2.55. The first kappa shape index (κ1) is 14.5. The van der Waals surface area contributed by atoms with Gasteiger partial charge in [-0.15, -0.1) is 11.3 Å². The molecule has 3 heterocycles. The van der Waals surface area contributed by atoms with Crippen LogP contribution in [0.4, 0.5) is 0 Å². The first-order chi connectivity index (χ1) is 11.2. The molecule has 1 unspecified atom stereocenters. The number of benzene rings is 1. The number of amides is 1. The second kappa shape index (κ2) is 5.81. The van der Waals surface area contributed by atoms with Crippen LogP contribution in [0.5, 0.6) is 0 Å².